The number of allylic oxidation sites excluding steroid dienone is 6. The van der Waals surface area contributed by atoms with Crippen molar-refractivity contribution in [1.29, 1.82) is 0 Å². The molecule has 9 unspecified atom stereocenters. The highest BCUT2D eigenvalue weighted by Crippen LogP contribution is 2.64. The first-order valence-corrected chi connectivity index (χ1v) is 12.3. The van der Waals surface area contributed by atoms with Crippen molar-refractivity contribution in [1.82, 2.24) is 0 Å². The van der Waals surface area contributed by atoms with E-state index >= 15 is 0 Å². The third kappa shape index (κ3) is 4.08. The number of hydrogen-bond donors (Lipinski definition) is 0. The minimum Gasteiger partial charge on any atom is -0.469 e. The summed E-state index contributed by atoms with van der Waals surface area (Å²) in [5.41, 5.74) is 1.48. The SMILES string of the molecule is C/C=C/C1CC(C)CC1(C)C(=O)OC.C/C=C1/CC2CC1C1C(/C=C/C)CC(C)C21. The second kappa shape index (κ2) is 9.45. The Balaban J connectivity index is 0.000000173. The molecule has 0 aromatic heterocycles. The molecule has 0 heterocycles. The monoisotopic (exact) mass is 412 g/mol. The lowest BCUT2D eigenvalue weighted by Gasteiger charge is -2.31. The molecule has 0 saturated heterocycles. The van der Waals surface area contributed by atoms with Gasteiger partial charge in [0.1, 0.15) is 0 Å². The van der Waals surface area contributed by atoms with E-state index in [2.05, 4.69) is 52.0 Å². The Morgan fingerprint density at radius 2 is 1.73 bits per heavy atom. The molecule has 0 aromatic rings. The van der Waals surface area contributed by atoms with Crippen molar-refractivity contribution in [2.24, 2.45) is 52.8 Å². The molecule has 2 bridgehead atoms. The highest BCUT2D eigenvalue weighted by atomic mass is 16.5. The lowest BCUT2D eigenvalue weighted by Crippen LogP contribution is -2.32. The van der Waals surface area contributed by atoms with Crippen LogP contribution in [0.3, 0.4) is 0 Å². The standard InChI is InChI=1S/C16H24.C12H20O2/c1-4-6-12-7-10(3)15-13-8-11(5-2)14(9-13)16(12)15;1-5-6-10-7-9(2)8-12(10,3)11(13)14-4/h4-6,10,12-16H,7-9H2,1-3H3;5-6,9-10H,7-8H2,1-4H3/b6-4+,11-5-;6-5+. The smallest absolute Gasteiger partial charge is 0.312 e. The Morgan fingerprint density at radius 1 is 1.03 bits per heavy atom. The third-order valence-electron chi connectivity index (χ3n) is 8.91. The molecule has 0 spiro atoms. The van der Waals surface area contributed by atoms with Crippen molar-refractivity contribution < 1.29 is 9.53 Å². The van der Waals surface area contributed by atoms with Crippen LogP contribution in [0, 0.1) is 52.8 Å². The summed E-state index contributed by atoms with van der Waals surface area (Å²) < 4.78 is 4.89. The zero-order chi connectivity index (χ0) is 22.1. The Labute approximate surface area is 185 Å². The summed E-state index contributed by atoms with van der Waals surface area (Å²) >= 11 is 0. The van der Waals surface area contributed by atoms with Crippen molar-refractivity contribution in [3.8, 4) is 0 Å². The third-order valence-corrected chi connectivity index (χ3v) is 8.91. The lowest BCUT2D eigenvalue weighted by atomic mass is 9.74. The Hall–Kier alpha value is -1.31. The van der Waals surface area contributed by atoms with E-state index in [9.17, 15) is 4.79 Å². The van der Waals surface area contributed by atoms with Crippen LogP contribution in [-0.4, -0.2) is 13.1 Å². The summed E-state index contributed by atoms with van der Waals surface area (Å²) in [6, 6.07) is 0. The molecular formula is C28H44O2. The number of rotatable bonds is 3. The quantitative estimate of drug-likeness (QED) is 0.361. The summed E-state index contributed by atoms with van der Waals surface area (Å²) in [6.45, 7) is 13.1. The number of ether oxygens (including phenoxy) is 1. The molecule has 30 heavy (non-hydrogen) atoms. The van der Waals surface area contributed by atoms with Gasteiger partial charge in [0, 0.05) is 0 Å². The van der Waals surface area contributed by atoms with Crippen LogP contribution in [-0.2, 0) is 9.53 Å². The average molecular weight is 413 g/mol. The molecule has 4 fully saturated rings. The molecule has 0 amide bonds. The predicted molar refractivity (Wildman–Crippen MR) is 126 cm³/mol. The van der Waals surface area contributed by atoms with E-state index in [-0.39, 0.29) is 11.4 Å². The van der Waals surface area contributed by atoms with Crippen LogP contribution in [0.5, 0.6) is 0 Å². The first-order valence-electron chi connectivity index (χ1n) is 12.3. The van der Waals surface area contributed by atoms with Gasteiger partial charge in [0.15, 0.2) is 0 Å². The summed E-state index contributed by atoms with van der Waals surface area (Å²) in [5, 5.41) is 0. The van der Waals surface area contributed by atoms with Crippen molar-refractivity contribution in [3.63, 3.8) is 0 Å². The van der Waals surface area contributed by atoms with Crippen LogP contribution in [0.1, 0.15) is 73.6 Å². The molecule has 2 nitrogen and oxygen atoms in total. The van der Waals surface area contributed by atoms with E-state index < -0.39 is 0 Å². The molecule has 0 radical (unpaired) electrons. The van der Waals surface area contributed by atoms with Crippen LogP contribution >= 0.6 is 0 Å². The van der Waals surface area contributed by atoms with Gasteiger partial charge in [-0.2, -0.15) is 0 Å². The highest BCUT2D eigenvalue weighted by Gasteiger charge is 2.56. The van der Waals surface area contributed by atoms with Gasteiger partial charge in [-0.3, -0.25) is 4.79 Å². The van der Waals surface area contributed by atoms with Gasteiger partial charge in [-0.15, -0.1) is 0 Å². The molecule has 2 heteroatoms. The number of hydrogen-bond acceptors (Lipinski definition) is 2. The topological polar surface area (TPSA) is 26.3 Å². The average Bonchev–Trinajstić information content (AvgIpc) is 3.45. The molecule has 4 aliphatic rings. The summed E-state index contributed by atoms with van der Waals surface area (Å²) in [6.07, 6.45) is 17.8. The van der Waals surface area contributed by atoms with Crippen LogP contribution in [0.15, 0.2) is 36.0 Å². The van der Waals surface area contributed by atoms with E-state index in [1.807, 2.05) is 19.9 Å². The van der Waals surface area contributed by atoms with Gasteiger partial charge < -0.3 is 4.74 Å². The van der Waals surface area contributed by atoms with Gasteiger partial charge in [0.05, 0.1) is 12.5 Å². The molecular weight excluding hydrogens is 368 g/mol. The van der Waals surface area contributed by atoms with Gasteiger partial charge in [-0.25, -0.2) is 0 Å². The Morgan fingerprint density at radius 3 is 2.33 bits per heavy atom. The van der Waals surface area contributed by atoms with Crippen molar-refractivity contribution in [2.75, 3.05) is 7.11 Å². The highest BCUT2D eigenvalue weighted by molar-refractivity contribution is 5.77. The molecule has 4 rings (SSSR count). The van der Waals surface area contributed by atoms with Crippen molar-refractivity contribution in [2.45, 2.75) is 73.6 Å². The molecule has 0 aliphatic heterocycles. The zero-order valence-electron chi connectivity index (χ0n) is 20.4. The fourth-order valence-corrected chi connectivity index (χ4v) is 7.90. The molecule has 9 atom stereocenters. The van der Waals surface area contributed by atoms with E-state index in [4.69, 9.17) is 4.74 Å². The molecule has 4 aliphatic carbocycles. The van der Waals surface area contributed by atoms with E-state index in [0.717, 1.165) is 48.3 Å². The number of methoxy groups -OCH3 is 1. The first kappa shape index (κ1) is 23.4. The van der Waals surface area contributed by atoms with Gasteiger partial charge in [0.2, 0.25) is 0 Å². The molecule has 0 aromatic carbocycles. The second-order valence-corrected chi connectivity index (χ2v) is 10.8. The van der Waals surface area contributed by atoms with E-state index in [1.165, 1.54) is 26.4 Å². The number of carbonyl (C=O) groups is 1. The number of fused-ring (bicyclic) bond motifs is 5. The fourth-order valence-electron chi connectivity index (χ4n) is 7.90. The van der Waals surface area contributed by atoms with Gasteiger partial charge in [-0.05, 0) is 107 Å². The fraction of sp³-hybridized carbons (Fsp3) is 0.750. The largest absolute Gasteiger partial charge is 0.469 e. The minimum absolute atomic E-state index is 0.0649. The Bertz CT molecular complexity index is 701. The maximum absolute atomic E-state index is 11.7. The maximum Gasteiger partial charge on any atom is 0.312 e. The number of carbonyl (C=O) groups excluding carboxylic acids is 1. The maximum atomic E-state index is 11.7. The normalized spacial score (nSPS) is 45.9. The summed E-state index contributed by atoms with van der Waals surface area (Å²) in [4.78, 5) is 11.7. The molecule has 0 N–H and O–H groups in total. The molecule has 4 saturated carbocycles. The molecule has 168 valence electrons. The zero-order valence-corrected chi connectivity index (χ0v) is 20.4. The second-order valence-electron chi connectivity index (χ2n) is 10.8. The predicted octanol–water partition coefficient (Wildman–Crippen LogP) is 7.22. The summed E-state index contributed by atoms with van der Waals surface area (Å²) in [7, 11) is 1.48. The Kier molecular flexibility index (Phi) is 7.36. The van der Waals surface area contributed by atoms with Crippen molar-refractivity contribution >= 4 is 5.97 Å². The van der Waals surface area contributed by atoms with Gasteiger partial charge >= 0.3 is 5.97 Å². The van der Waals surface area contributed by atoms with Crippen LogP contribution in [0.2, 0.25) is 0 Å². The van der Waals surface area contributed by atoms with Crippen LogP contribution < -0.4 is 0 Å². The van der Waals surface area contributed by atoms with E-state index in [1.54, 1.807) is 5.57 Å². The van der Waals surface area contributed by atoms with Crippen LogP contribution in [0.25, 0.3) is 0 Å². The van der Waals surface area contributed by atoms with E-state index in [0.29, 0.717) is 11.8 Å². The van der Waals surface area contributed by atoms with Gasteiger partial charge in [-0.1, -0.05) is 49.8 Å². The minimum atomic E-state index is -0.305. The summed E-state index contributed by atoms with van der Waals surface area (Å²) in [5.74, 6) is 6.78. The van der Waals surface area contributed by atoms with Gasteiger partial charge in [0.25, 0.3) is 0 Å². The van der Waals surface area contributed by atoms with Crippen molar-refractivity contribution in [3.05, 3.63) is 36.0 Å². The van der Waals surface area contributed by atoms with Crippen LogP contribution in [0.4, 0.5) is 0 Å². The number of esters is 1. The first-order chi connectivity index (χ1) is 14.3. The lowest BCUT2D eigenvalue weighted by molar-refractivity contribution is -0.153.